The predicted molar refractivity (Wildman–Crippen MR) is 85.3 cm³/mol. The molecule has 0 saturated carbocycles. The maximum atomic E-state index is 5.63. The molecule has 112 valence electrons. The van der Waals surface area contributed by atoms with Crippen molar-refractivity contribution in [2.24, 2.45) is 5.73 Å². The number of aromatic nitrogens is 1. The van der Waals surface area contributed by atoms with E-state index < -0.39 is 0 Å². The molecule has 1 aromatic rings. The molecule has 0 amide bonds. The first-order chi connectivity index (χ1) is 9.65. The Hall–Kier alpha value is -1.13. The van der Waals surface area contributed by atoms with Gasteiger partial charge in [0.15, 0.2) is 0 Å². The highest BCUT2D eigenvalue weighted by Crippen LogP contribution is 2.24. The molecule has 1 aliphatic rings. The minimum absolute atomic E-state index is 0.564. The zero-order chi connectivity index (χ0) is 14.5. The van der Waals surface area contributed by atoms with E-state index in [9.17, 15) is 0 Å². The van der Waals surface area contributed by atoms with Gasteiger partial charge in [0, 0.05) is 25.3 Å². The van der Waals surface area contributed by atoms with Crippen molar-refractivity contribution in [3.63, 3.8) is 0 Å². The molecule has 1 aliphatic heterocycles. The Labute approximate surface area is 123 Å². The topological polar surface area (TPSA) is 45.4 Å². The summed E-state index contributed by atoms with van der Waals surface area (Å²) in [6.07, 6.45) is 5.28. The number of pyridine rings is 1. The largest absolute Gasteiger partial charge is 0.352 e. The Morgan fingerprint density at radius 1 is 1.40 bits per heavy atom. The van der Waals surface area contributed by atoms with Gasteiger partial charge in [-0.25, -0.2) is 4.98 Å². The van der Waals surface area contributed by atoms with Crippen molar-refractivity contribution in [3.8, 4) is 0 Å². The number of likely N-dealkylation sites (N-methyl/N-ethyl adjacent to an activating group) is 1. The highest BCUT2D eigenvalue weighted by Gasteiger charge is 2.24. The Balaban J connectivity index is 2.23. The first-order valence-corrected chi connectivity index (χ1v) is 7.76. The minimum atomic E-state index is 0.564. The van der Waals surface area contributed by atoms with Gasteiger partial charge < -0.3 is 15.5 Å². The first kappa shape index (κ1) is 15.3. The van der Waals surface area contributed by atoms with E-state index in [2.05, 4.69) is 36.8 Å². The maximum absolute atomic E-state index is 5.63. The Morgan fingerprint density at radius 3 is 2.85 bits per heavy atom. The SMILES string of the molecule is CCC1CN(C)CCCN1c1ncc(CCN)cc1C. The van der Waals surface area contributed by atoms with Gasteiger partial charge in [-0.15, -0.1) is 0 Å². The molecule has 0 radical (unpaired) electrons. The molecular formula is C16H28N4. The molecule has 0 bridgehead atoms. The van der Waals surface area contributed by atoms with Crippen LogP contribution in [0, 0.1) is 6.92 Å². The van der Waals surface area contributed by atoms with E-state index in [-0.39, 0.29) is 0 Å². The van der Waals surface area contributed by atoms with Gasteiger partial charge in [-0.2, -0.15) is 0 Å². The van der Waals surface area contributed by atoms with Gasteiger partial charge in [-0.1, -0.05) is 13.0 Å². The van der Waals surface area contributed by atoms with Gasteiger partial charge in [-0.3, -0.25) is 0 Å². The lowest BCUT2D eigenvalue weighted by atomic mass is 10.1. The summed E-state index contributed by atoms with van der Waals surface area (Å²) in [6, 6.07) is 2.81. The summed E-state index contributed by atoms with van der Waals surface area (Å²) in [4.78, 5) is 9.68. The molecule has 2 N–H and O–H groups in total. The van der Waals surface area contributed by atoms with E-state index in [0.717, 1.165) is 31.7 Å². The number of hydrogen-bond donors (Lipinski definition) is 1. The average molecular weight is 276 g/mol. The van der Waals surface area contributed by atoms with Crippen molar-refractivity contribution in [1.82, 2.24) is 9.88 Å². The highest BCUT2D eigenvalue weighted by atomic mass is 15.3. The number of aryl methyl sites for hydroxylation is 1. The van der Waals surface area contributed by atoms with E-state index >= 15 is 0 Å². The van der Waals surface area contributed by atoms with Gasteiger partial charge in [0.25, 0.3) is 0 Å². The number of rotatable bonds is 4. The molecule has 4 heteroatoms. The van der Waals surface area contributed by atoms with Crippen molar-refractivity contribution in [1.29, 1.82) is 0 Å². The van der Waals surface area contributed by atoms with E-state index in [4.69, 9.17) is 10.7 Å². The fourth-order valence-corrected chi connectivity index (χ4v) is 3.10. The standard InChI is InChI=1S/C16H28N4/c1-4-15-12-19(3)8-5-9-20(15)16-13(2)10-14(6-7-17)11-18-16/h10-11,15H,4-9,12,17H2,1-3H3. The molecule has 20 heavy (non-hydrogen) atoms. The number of hydrogen-bond acceptors (Lipinski definition) is 4. The van der Waals surface area contributed by atoms with Gasteiger partial charge >= 0.3 is 0 Å². The number of anilines is 1. The summed E-state index contributed by atoms with van der Waals surface area (Å²) >= 11 is 0. The zero-order valence-electron chi connectivity index (χ0n) is 13.1. The van der Waals surface area contributed by atoms with Gasteiger partial charge in [0.1, 0.15) is 5.82 Å². The van der Waals surface area contributed by atoms with Crippen LogP contribution >= 0.6 is 0 Å². The molecule has 1 fully saturated rings. The van der Waals surface area contributed by atoms with E-state index in [1.807, 2.05) is 6.20 Å². The summed E-state index contributed by atoms with van der Waals surface area (Å²) < 4.78 is 0. The molecule has 1 unspecified atom stereocenters. The Bertz CT molecular complexity index is 432. The average Bonchev–Trinajstić information content (AvgIpc) is 2.61. The summed E-state index contributed by atoms with van der Waals surface area (Å²) in [5, 5.41) is 0. The lowest BCUT2D eigenvalue weighted by Crippen LogP contribution is -2.40. The van der Waals surface area contributed by atoms with Crippen LogP contribution in [-0.2, 0) is 6.42 Å². The summed E-state index contributed by atoms with van der Waals surface area (Å²) in [5.74, 6) is 1.16. The van der Waals surface area contributed by atoms with Crippen molar-refractivity contribution in [2.75, 3.05) is 38.1 Å². The second kappa shape index (κ2) is 7.04. The van der Waals surface area contributed by atoms with Crippen LogP contribution in [0.1, 0.15) is 30.9 Å². The van der Waals surface area contributed by atoms with Crippen LogP contribution in [0.4, 0.5) is 5.82 Å². The van der Waals surface area contributed by atoms with E-state index in [1.54, 1.807) is 0 Å². The maximum Gasteiger partial charge on any atom is 0.131 e. The summed E-state index contributed by atoms with van der Waals surface area (Å²) in [6.45, 7) is 8.54. The number of nitrogens with two attached hydrogens (primary N) is 1. The normalized spacial score (nSPS) is 21.0. The quantitative estimate of drug-likeness (QED) is 0.911. The third-order valence-electron chi connectivity index (χ3n) is 4.19. The van der Waals surface area contributed by atoms with Crippen LogP contribution in [0.15, 0.2) is 12.3 Å². The van der Waals surface area contributed by atoms with Crippen molar-refractivity contribution in [2.45, 2.75) is 39.2 Å². The van der Waals surface area contributed by atoms with Crippen molar-refractivity contribution in [3.05, 3.63) is 23.4 Å². The third-order valence-corrected chi connectivity index (χ3v) is 4.19. The molecule has 0 spiro atoms. The minimum Gasteiger partial charge on any atom is -0.352 e. The van der Waals surface area contributed by atoms with Crippen molar-refractivity contribution >= 4 is 5.82 Å². The predicted octanol–water partition coefficient (Wildman–Crippen LogP) is 1.81. The lowest BCUT2D eigenvalue weighted by Gasteiger charge is -2.32. The molecule has 1 atom stereocenters. The summed E-state index contributed by atoms with van der Waals surface area (Å²) in [7, 11) is 2.22. The third kappa shape index (κ3) is 3.49. The number of nitrogens with zero attached hydrogens (tertiary/aromatic N) is 3. The molecule has 1 aromatic heterocycles. The summed E-state index contributed by atoms with van der Waals surface area (Å²) in [5.41, 5.74) is 8.15. The molecule has 2 rings (SSSR count). The fraction of sp³-hybridized carbons (Fsp3) is 0.688. The Morgan fingerprint density at radius 2 is 2.20 bits per heavy atom. The van der Waals surface area contributed by atoms with E-state index in [0.29, 0.717) is 12.6 Å². The van der Waals surface area contributed by atoms with Crippen LogP contribution in [0.25, 0.3) is 0 Å². The van der Waals surface area contributed by atoms with Crippen LogP contribution in [0.2, 0.25) is 0 Å². The van der Waals surface area contributed by atoms with E-state index in [1.165, 1.54) is 24.1 Å². The Kier molecular flexibility index (Phi) is 5.38. The molecule has 0 aromatic carbocycles. The van der Waals surface area contributed by atoms with Crippen LogP contribution in [-0.4, -0.2) is 49.2 Å². The highest BCUT2D eigenvalue weighted by molar-refractivity contribution is 5.48. The zero-order valence-corrected chi connectivity index (χ0v) is 13.1. The fourth-order valence-electron chi connectivity index (χ4n) is 3.10. The first-order valence-electron chi connectivity index (χ1n) is 7.76. The van der Waals surface area contributed by atoms with Gasteiger partial charge in [0.05, 0.1) is 0 Å². The molecule has 2 heterocycles. The molecule has 0 aliphatic carbocycles. The molecule has 4 nitrogen and oxygen atoms in total. The molecular weight excluding hydrogens is 248 g/mol. The van der Waals surface area contributed by atoms with Gasteiger partial charge in [-0.05, 0) is 57.5 Å². The second-order valence-corrected chi connectivity index (χ2v) is 5.89. The lowest BCUT2D eigenvalue weighted by molar-refractivity contribution is 0.327. The van der Waals surface area contributed by atoms with Crippen LogP contribution < -0.4 is 10.6 Å². The van der Waals surface area contributed by atoms with Gasteiger partial charge in [0.2, 0.25) is 0 Å². The van der Waals surface area contributed by atoms with Crippen LogP contribution in [0.3, 0.4) is 0 Å². The molecule has 1 saturated heterocycles. The monoisotopic (exact) mass is 276 g/mol. The smallest absolute Gasteiger partial charge is 0.131 e. The second-order valence-electron chi connectivity index (χ2n) is 5.89. The van der Waals surface area contributed by atoms with Crippen LogP contribution in [0.5, 0.6) is 0 Å². The van der Waals surface area contributed by atoms with Crippen molar-refractivity contribution < 1.29 is 0 Å².